The maximum absolute atomic E-state index is 11.4. The number of carbonyl (C=O) groups is 1. The van der Waals surface area contributed by atoms with Gasteiger partial charge in [-0.05, 0) is 46.3 Å². The summed E-state index contributed by atoms with van der Waals surface area (Å²) in [6.07, 6.45) is 2.37. The minimum atomic E-state index is -0.572. The summed E-state index contributed by atoms with van der Waals surface area (Å²) < 4.78 is 11.4. The van der Waals surface area contributed by atoms with E-state index in [1.165, 1.54) is 0 Å². The molecule has 0 aromatic heterocycles. The quantitative estimate of drug-likeness (QED) is 0.454. The standard InChI is InChI=1S/C12H18O3/c1-8-6-12(15-10(8,2)3)7-9(13)14-11(12,4)5/h6H,7H2,1-5H3. The molecule has 3 heteroatoms. The second kappa shape index (κ2) is 2.64. The predicted octanol–water partition coefficient (Wildman–Crippen LogP) is 2.21. The Labute approximate surface area is 90.4 Å². The first kappa shape index (κ1) is 10.7. The third kappa shape index (κ3) is 1.33. The van der Waals surface area contributed by atoms with Crippen molar-refractivity contribution in [1.29, 1.82) is 0 Å². The van der Waals surface area contributed by atoms with E-state index < -0.39 is 11.2 Å². The molecule has 3 nitrogen and oxygen atoms in total. The van der Waals surface area contributed by atoms with Gasteiger partial charge in [-0.1, -0.05) is 0 Å². The molecule has 0 radical (unpaired) electrons. The van der Waals surface area contributed by atoms with E-state index >= 15 is 0 Å². The molecule has 2 heterocycles. The van der Waals surface area contributed by atoms with E-state index in [4.69, 9.17) is 9.47 Å². The predicted molar refractivity (Wildman–Crippen MR) is 56.4 cm³/mol. The minimum absolute atomic E-state index is 0.179. The summed E-state index contributed by atoms with van der Waals surface area (Å²) in [4.78, 5) is 11.4. The van der Waals surface area contributed by atoms with E-state index in [1.54, 1.807) is 0 Å². The van der Waals surface area contributed by atoms with Gasteiger partial charge in [-0.15, -0.1) is 0 Å². The molecule has 84 valence electrons. The average molecular weight is 210 g/mol. The lowest BCUT2D eigenvalue weighted by molar-refractivity contribution is -0.159. The Bertz CT molecular complexity index is 352. The lowest BCUT2D eigenvalue weighted by Gasteiger charge is -2.36. The normalized spacial score (nSPS) is 36.9. The number of hydrogen-bond acceptors (Lipinski definition) is 3. The number of esters is 1. The van der Waals surface area contributed by atoms with Crippen LogP contribution < -0.4 is 0 Å². The maximum Gasteiger partial charge on any atom is 0.309 e. The van der Waals surface area contributed by atoms with Gasteiger partial charge in [0.1, 0.15) is 11.2 Å². The molecule has 1 spiro atoms. The molecule has 1 saturated heterocycles. The van der Waals surface area contributed by atoms with Gasteiger partial charge in [0.2, 0.25) is 0 Å². The molecule has 15 heavy (non-hydrogen) atoms. The Morgan fingerprint density at radius 2 is 1.87 bits per heavy atom. The molecule has 0 amide bonds. The Balaban J connectivity index is 2.43. The Morgan fingerprint density at radius 3 is 2.20 bits per heavy atom. The highest BCUT2D eigenvalue weighted by atomic mass is 16.6. The molecule has 0 aromatic carbocycles. The van der Waals surface area contributed by atoms with Gasteiger partial charge in [0.05, 0.1) is 12.0 Å². The highest BCUT2D eigenvalue weighted by molar-refractivity contribution is 5.75. The fraction of sp³-hybridized carbons (Fsp3) is 0.750. The molecule has 0 aromatic rings. The summed E-state index contributed by atoms with van der Waals surface area (Å²) >= 11 is 0. The fourth-order valence-corrected chi connectivity index (χ4v) is 2.31. The molecule has 0 saturated carbocycles. The molecule has 0 bridgehead atoms. The van der Waals surface area contributed by atoms with Crippen LogP contribution in [0.25, 0.3) is 0 Å². The van der Waals surface area contributed by atoms with E-state index in [0.717, 1.165) is 5.57 Å². The largest absolute Gasteiger partial charge is 0.456 e. The van der Waals surface area contributed by atoms with Gasteiger partial charge in [0, 0.05) is 0 Å². The van der Waals surface area contributed by atoms with E-state index in [-0.39, 0.29) is 11.6 Å². The van der Waals surface area contributed by atoms with Crippen LogP contribution in [0.1, 0.15) is 41.0 Å². The first-order valence-corrected chi connectivity index (χ1v) is 5.31. The molecule has 0 aliphatic carbocycles. The van der Waals surface area contributed by atoms with Crippen molar-refractivity contribution in [3.63, 3.8) is 0 Å². The van der Waals surface area contributed by atoms with Gasteiger partial charge >= 0.3 is 5.97 Å². The smallest absolute Gasteiger partial charge is 0.309 e. The summed E-state index contributed by atoms with van der Waals surface area (Å²) in [5, 5.41) is 0. The zero-order valence-corrected chi connectivity index (χ0v) is 10.0. The van der Waals surface area contributed by atoms with Gasteiger partial charge in [-0.25, -0.2) is 0 Å². The first-order chi connectivity index (χ1) is 6.69. The van der Waals surface area contributed by atoms with Crippen LogP contribution in [-0.4, -0.2) is 22.8 Å². The number of rotatable bonds is 0. The molecule has 1 unspecified atom stereocenters. The molecule has 2 aliphatic rings. The van der Waals surface area contributed by atoms with Crippen LogP contribution in [-0.2, 0) is 14.3 Å². The van der Waals surface area contributed by atoms with Crippen molar-refractivity contribution in [3.8, 4) is 0 Å². The summed E-state index contributed by atoms with van der Waals surface area (Å²) in [7, 11) is 0. The molecule has 0 N–H and O–H groups in total. The van der Waals surface area contributed by atoms with E-state index in [1.807, 2.05) is 34.6 Å². The molecular formula is C12H18O3. The maximum atomic E-state index is 11.4. The van der Waals surface area contributed by atoms with E-state index in [9.17, 15) is 4.79 Å². The average Bonchev–Trinajstić information content (AvgIpc) is 2.31. The molecule has 2 aliphatic heterocycles. The number of ether oxygens (including phenoxy) is 2. The highest BCUT2D eigenvalue weighted by Gasteiger charge is 2.60. The Hall–Kier alpha value is -0.830. The van der Waals surface area contributed by atoms with E-state index in [2.05, 4.69) is 6.08 Å². The Kier molecular flexibility index (Phi) is 1.88. The zero-order chi connectivity index (χ0) is 11.5. The summed E-state index contributed by atoms with van der Waals surface area (Å²) in [5.74, 6) is -0.179. The number of hydrogen-bond donors (Lipinski definition) is 0. The van der Waals surface area contributed by atoms with Crippen LogP contribution in [0.3, 0.4) is 0 Å². The van der Waals surface area contributed by atoms with Crippen LogP contribution in [0.4, 0.5) is 0 Å². The second-order valence-corrected chi connectivity index (χ2v) is 5.49. The lowest BCUT2D eigenvalue weighted by atomic mass is 9.85. The van der Waals surface area contributed by atoms with Crippen LogP contribution in [0.15, 0.2) is 11.6 Å². The van der Waals surface area contributed by atoms with Crippen molar-refractivity contribution in [2.45, 2.75) is 57.8 Å². The number of cyclic esters (lactones) is 1. The van der Waals surface area contributed by atoms with Gasteiger partial charge in [-0.2, -0.15) is 0 Å². The summed E-state index contributed by atoms with van der Waals surface area (Å²) in [6, 6.07) is 0. The summed E-state index contributed by atoms with van der Waals surface area (Å²) in [6.45, 7) is 9.89. The molecule has 2 rings (SSSR count). The van der Waals surface area contributed by atoms with Gasteiger partial charge < -0.3 is 9.47 Å². The topological polar surface area (TPSA) is 35.5 Å². The fourth-order valence-electron chi connectivity index (χ4n) is 2.31. The van der Waals surface area contributed by atoms with Crippen molar-refractivity contribution in [1.82, 2.24) is 0 Å². The minimum Gasteiger partial charge on any atom is -0.456 e. The first-order valence-electron chi connectivity index (χ1n) is 5.31. The third-order valence-corrected chi connectivity index (χ3v) is 3.63. The molecule has 1 atom stereocenters. The molecule has 1 fully saturated rings. The van der Waals surface area contributed by atoms with Gasteiger partial charge in [-0.3, -0.25) is 4.79 Å². The van der Waals surface area contributed by atoms with Crippen LogP contribution in [0, 0.1) is 0 Å². The van der Waals surface area contributed by atoms with Crippen molar-refractivity contribution < 1.29 is 14.3 Å². The zero-order valence-electron chi connectivity index (χ0n) is 10.0. The number of carbonyl (C=O) groups excluding carboxylic acids is 1. The highest BCUT2D eigenvalue weighted by Crippen LogP contribution is 2.49. The van der Waals surface area contributed by atoms with Crippen LogP contribution >= 0.6 is 0 Å². The SMILES string of the molecule is CC1=CC2(CC(=O)OC2(C)C)OC1(C)C. The monoisotopic (exact) mass is 210 g/mol. The second-order valence-electron chi connectivity index (χ2n) is 5.49. The van der Waals surface area contributed by atoms with Crippen LogP contribution in [0.2, 0.25) is 0 Å². The van der Waals surface area contributed by atoms with Crippen LogP contribution in [0.5, 0.6) is 0 Å². The third-order valence-electron chi connectivity index (χ3n) is 3.63. The lowest BCUT2D eigenvalue weighted by Crippen LogP contribution is -2.47. The van der Waals surface area contributed by atoms with Crippen molar-refractivity contribution in [2.75, 3.05) is 0 Å². The van der Waals surface area contributed by atoms with Gasteiger partial charge in [0.15, 0.2) is 0 Å². The van der Waals surface area contributed by atoms with Gasteiger partial charge in [0.25, 0.3) is 0 Å². The Morgan fingerprint density at radius 1 is 1.27 bits per heavy atom. The summed E-state index contributed by atoms with van der Waals surface area (Å²) in [5.41, 5.74) is -0.281. The molecular weight excluding hydrogens is 192 g/mol. The van der Waals surface area contributed by atoms with E-state index in [0.29, 0.717) is 6.42 Å². The van der Waals surface area contributed by atoms with Crippen molar-refractivity contribution in [2.24, 2.45) is 0 Å². The van der Waals surface area contributed by atoms with Crippen molar-refractivity contribution in [3.05, 3.63) is 11.6 Å². The van der Waals surface area contributed by atoms with Crippen molar-refractivity contribution >= 4 is 5.97 Å².